The molecule has 0 aliphatic carbocycles. The van der Waals surface area contributed by atoms with E-state index >= 15 is 0 Å². The molecule has 0 atom stereocenters. The number of rotatable bonds is 1. The van der Waals surface area contributed by atoms with Crippen LogP contribution in [0, 0.1) is 0 Å². The third kappa shape index (κ3) is 2.66. The maximum absolute atomic E-state index is 11.7. The summed E-state index contributed by atoms with van der Waals surface area (Å²) in [4.78, 5) is 3.12. The summed E-state index contributed by atoms with van der Waals surface area (Å²) in [5, 5.41) is 0. The Bertz CT molecular complexity index is 155. The van der Waals surface area contributed by atoms with Crippen LogP contribution in [-0.4, -0.2) is 12.4 Å². The molecule has 0 saturated carbocycles. The smallest absolute Gasteiger partial charge is 0.257 e. The molecular weight excluding hydrogens is 143 g/mol. The second-order valence-corrected chi connectivity index (χ2v) is 1.56. The molecule has 0 aromatic carbocycles. The molecule has 0 rings (SSSR count). The van der Waals surface area contributed by atoms with Crippen molar-refractivity contribution < 1.29 is 13.2 Å². The lowest BCUT2D eigenvalue weighted by Gasteiger charge is -2.04. The molecule has 0 spiro atoms. The Hall–Kier alpha value is -0.800. The van der Waals surface area contributed by atoms with Gasteiger partial charge in [-0.2, -0.15) is 13.2 Å². The molecule has 58 valence electrons. The van der Waals surface area contributed by atoms with E-state index in [9.17, 15) is 13.2 Å². The average molecular weight is 151 g/mol. The highest BCUT2D eigenvalue weighted by Gasteiger charge is 2.32. The Balaban J connectivity index is 4.39. The summed E-state index contributed by atoms with van der Waals surface area (Å²) in [5.74, 6) is 0. The van der Waals surface area contributed by atoms with Crippen molar-refractivity contribution in [1.29, 1.82) is 0 Å². The second-order valence-electron chi connectivity index (χ2n) is 1.56. The van der Waals surface area contributed by atoms with E-state index in [2.05, 4.69) is 4.99 Å². The van der Waals surface area contributed by atoms with E-state index in [1.165, 1.54) is 13.8 Å². The summed E-state index contributed by atoms with van der Waals surface area (Å²) in [7, 11) is 0. The number of halogens is 3. The molecular formula is C6H8F3N. The van der Waals surface area contributed by atoms with Crippen molar-refractivity contribution >= 4 is 6.21 Å². The standard InChI is InChI=1S/C6H8F3N/c1-3-5(10-4-2)6(7,8)9/h3-4H,1-2H3/b5-3-,10-4-. The van der Waals surface area contributed by atoms with E-state index in [1.54, 1.807) is 0 Å². The normalized spacial score (nSPS) is 14.7. The molecule has 1 nitrogen and oxygen atoms in total. The molecule has 0 aromatic heterocycles. The fourth-order valence-corrected chi connectivity index (χ4v) is 0.450. The van der Waals surface area contributed by atoms with Crippen LogP contribution in [0.25, 0.3) is 0 Å². The first-order valence-corrected chi connectivity index (χ1v) is 2.74. The minimum absolute atomic E-state index is 0.852. The molecule has 0 bridgehead atoms. The zero-order chi connectivity index (χ0) is 8.20. The molecule has 4 heteroatoms. The summed E-state index contributed by atoms with van der Waals surface area (Å²) in [6.45, 7) is 2.74. The van der Waals surface area contributed by atoms with Gasteiger partial charge in [0, 0.05) is 6.21 Å². The fraction of sp³-hybridized carbons (Fsp3) is 0.500. The molecule has 0 fully saturated rings. The average Bonchev–Trinajstić information content (AvgIpc) is 1.80. The molecule has 0 aliphatic rings. The van der Waals surface area contributed by atoms with Gasteiger partial charge in [0.2, 0.25) is 0 Å². The van der Waals surface area contributed by atoms with E-state index in [1.807, 2.05) is 0 Å². The Kier molecular flexibility index (Phi) is 3.12. The predicted octanol–water partition coefficient (Wildman–Crippen LogP) is 2.54. The topological polar surface area (TPSA) is 12.4 Å². The first kappa shape index (κ1) is 9.20. The second kappa shape index (κ2) is 3.39. The van der Waals surface area contributed by atoms with E-state index in [4.69, 9.17) is 0 Å². The van der Waals surface area contributed by atoms with Crippen LogP contribution < -0.4 is 0 Å². The summed E-state index contributed by atoms with van der Waals surface area (Å²) in [6, 6.07) is 0. The molecule has 0 radical (unpaired) electrons. The van der Waals surface area contributed by atoms with Crippen LogP contribution in [-0.2, 0) is 0 Å². The van der Waals surface area contributed by atoms with Crippen LogP contribution in [0.5, 0.6) is 0 Å². The number of aliphatic imine (C=N–C) groups is 1. The number of allylic oxidation sites excluding steroid dienone is 2. The first-order chi connectivity index (χ1) is 4.52. The zero-order valence-electron chi connectivity index (χ0n) is 5.74. The quantitative estimate of drug-likeness (QED) is 0.510. The predicted molar refractivity (Wildman–Crippen MR) is 34.0 cm³/mol. The van der Waals surface area contributed by atoms with Crippen molar-refractivity contribution in [1.82, 2.24) is 0 Å². The van der Waals surface area contributed by atoms with Gasteiger partial charge in [0.25, 0.3) is 0 Å². The summed E-state index contributed by atoms with van der Waals surface area (Å²) < 4.78 is 35.2. The highest BCUT2D eigenvalue weighted by Crippen LogP contribution is 2.25. The molecule has 0 aliphatic heterocycles. The number of hydrogen-bond acceptors (Lipinski definition) is 1. The van der Waals surface area contributed by atoms with Gasteiger partial charge < -0.3 is 0 Å². The summed E-state index contributed by atoms with van der Waals surface area (Å²) in [5.41, 5.74) is -0.852. The van der Waals surface area contributed by atoms with E-state index in [0.29, 0.717) is 0 Å². The van der Waals surface area contributed by atoms with E-state index < -0.39 is 11.9 Å². The van der Waals surface area contributed by atoms with Gasteiger partial charge in [-0.25, -0.2) is 0 Å². The van der Waals surface area contributed by atoms with Gasteiger partial charge in [-0.1, -0.05) is 6.08 Å². The number of hydrogen-bond donors (Lipinski definition) is 0. The minimum atomic E-state index is -4.32. The molecule has 0 saturated heterocycles. The van der Waals surface area contributed by atoms with Gasteiger partial charge in [0.15, 0.2) is 0 Å². The molecule has 0 amide bonds. The third-order valence-corrected chi connectivity index (χ3v) is 0.832. The highest BCUT2D eigenvalue weighted by atomic mass is 19.4. The monoisotopic (exact) mass is 151 g/mol. The van der Waals surface area contributed by atoms with Gasteiger partial charge >= 0.3 is 6.18 Å². The Morgan fingerprint density at radius 2 is 1.80 bits per heavy atom. The lowest BCUT2D eigenvalue weighted by Crippen LogP contribution is -2.09. The first-order valence-electron chi connectivity index (χ1n) is 2.74. The number of nitrogens with zero attached hydrogens (tertiary/aromatic N) is 1. The fourth-order valence-electron chi connectivity index (χ4n) is 0.450. The van der Waals surface area contributed by atoms with Crippen molar-refractivity contribution in [3.63, 3.8) is 0 Å². The maximum Gasteiger partial charge on any atom is 0.432 e. The van der Waals surface area contributed by atoms with Gasteiger partial charge in [-0.05, 0) is 13.8 Å². The third-order valence-electron chi connectivity index (χ3n) is 0.832. The van der Waals surface area contributed by atoms with Crippen molar-refractivity contribution in [2.24, 2.45) is 4.99 Å². The van der Waals surface area contributed by atoms with Crippen LogP contribution in [0.4, 0.5) is 13.2 Å². The lowest BCUT2D eigenvalue weighted by atomic mass is 10.4. The van der Waals surface area contributed by atoms with E-state index in [0.717, 1.165) is 12.3 Å². The Morgan fingerprint density at radius 1 is 1.30 bits per heavy atom. The SMILES string of the molecule is C/C=N\C(=C/C)C(F)(F)F. The van der Waals surface area contributed by atoms with Gasteiger partial charge in [-0.3, -0.25) is 4.99 Å². The summed E-state index contributed by atoms with van der Waals surface area (Å²) in [6.07, 6.45) is -2.27. The van der Waals surface area contributed by atoms with Crippen LogP contribution in [0.3, 0.4) is 0 Å². The van der Waals surface area contributed by atoms with Crippen molar-refractivity contribution in [3.8, 4) is 0 Å². The maximum atomic E-state index is 11.7. The minimum Gasteiger partial charge on any atom is -0.257 e. The van der Waals surface area contributed by atoms with Crippen LogP contribution in [0.2, 0.25) is 0 Å². The molecule has 0 unspecified atom stereocenters. The molecule has 10 heavy (non-hydrogen) atoms. The van der Waals surface area contributed by atoms with Crippen LogP contribution >= 0.6 is 0 Å². The number of alkyl halides is 3. The molecule has 0 N–H and O–H groups in total. The van der Waals surface area contributed by atoms with Crippen molar-refractivity contribution in [2.45, 2.75) is 20.0 Å². The van der Waals surface area contributed by atoms with Crippen LogP contribution in [0.15, 0.2) is 16.8 Å². The van der Waals surface area contributed by atoms with Crippen molar-refractivity contribution in [2.75, 3.05) is 0 Å². The molecule has 0 aromatic rings. The van der Waals surface area contributed by atoms with E-state index in [-0.39, 0.29) is 0 Å². The van der Waals surface area contributed by atoms with Crippen molar-refractivity contribution in [3.05, 3.63) is 11.8 Å². The largest absolute Gasteiger partial charge is 0.432 e. The van der Waals surface area contributed by atoms with Crippen LogP contribution in [0.1, 0.15) is 13.8 Å². The zero-order valence-corrected chi connectivity index (χ0v) is 5.74. The Morgan fingerprint density at radius 3 is 1.90 bits per heavy atom. The summed E-state index contributed by atoms with van der Waals surface area (Å²) >= 11 is 0. The lowest BCUT2D eigenvalue weighted by molar-refractivity contribution is -0.0923. The van der Waals surface area contributed by atoms with Gasteiger partial charge in [0.05, 0.1) is 0 Å². The van der Waals surface area contributed by atoms with Gasteiger partial charge in [0.1, 0.15) is 5.70 Å². The Labute approximate surface area is 57.3 Å². The van der Waals surface area contributed by atoms with Gasteiger partial charge in [-0.15, -0.1) is 0 Å². The highest BCUT2D eigenvalue weighted by molar-refractivity contribution is 5.55. The molecule has 0 heterocycles.